The minimum Gasteiger partial charge on any atom is -0.381 e. The summed E-state index contributed by atoms with van der Waals surface area (Å²) in [5.41, 5.74) is 3.26. The van der Waals surface area contributed by atoms with Crippen LogP contribution in [0.2, 0.25) is 0 Å². The molecular weight excluding hydrogens is 263 g/mol. The average Bonchev–Trinajstić information content (AvgIpc) is 2.85. The Balaban J connectivity index is 0.00000133. The van der Waals surface area contributed by atoms with Crippen molar-refractivity contribution >= 4 is 29.0 Å². The summed E-state index contributed by atoms with van der Waals surface area (Å²) in [6, 6.07) is 14.7. The topological polar surface area (TPSA) is 27.8 Å². The summed E-state index contributed by atoms with van der Waals surface area (Å²) in [5, 5.41) is 4.47. The molecule has 19 heavy (non-hydrogen) atoms. The van der Waals surface area contributed by atoms with E-state index < -0.39 is 0 Å². The monoisotopic (exact) mass is 276 g/mol. The largest absolute Gasteiger partial charge is 0.381 e. The third-order valence-electron chi connectivity index (χ3n) is 2.96. The molecular formula is C15H14ClFN2. The summed E-state index contributed by atoms with van der Waals surface area (Å²) in [4.78, 5) is 3.16. The molecule has 2 aromatic carbocycles. The van der Waals surface area contributed by atoms with E-state index in [1.807, 2.05) is 6.20 Å². The van der Waals surface area contributed by atoms with Crippen LogP contribution in [0.5, 0.6) is 0 Å². The van der Waals surface area contributed by atoms with Gasteiger partial charge < -0.3 is 10.3 Å². The number of anilines is 1. The van der Waals surface area contributed by atoms with E-state index in [2.05, 4.69) is 34.6 Å². The van der Waals surface area contributed by atoms with Crippen molar-refractivity contribution < 1.29 is 4.39 Å². The van der Waals surface area contributed by atoms with E-state index in [9.17, 15) is 4.39 Å². The first-order valence-corrected chi connectivity index (χ1v) is 5.87. The highest BCUT2D eigenvalue weighted by Crippen LogP contribution is 2.16. The molecule has 2 N–H and O–H groups in total. The molecule has 0 unspecified atom stereocenters. The molecule has 0 fully saturated rings. The molecule has 98 valence electrons. The van der Waals surface area contributed by atoms with E-state index in [1.165, 1.54) is 23.1 Å². The maximum Gasteiger partial charge on any atom is 0.123 e. The Bertz CT molecular complexity index is 661. The first-order valence-electron chi connectivity index (χ1n) is 5.87. The number of halogens is 2. The highest BCUT2D eigenvalue weighted by molar-refractivity contribution is 5.85. The van der Waals surface area contributed by atoms with E-state index in [0.29, 0.717) is 0 Å². The molecule has 0 saturated carbocycles. The number of benzene rings is 2. The van der Waals surface area contributed by atoms with Gasteiger partial charge in [-0.05, 0) is 53.4 Å². The summed E-state index contributed by atoms with van der Waals surface area (Å²) in [6.07, 6.45) is 1.93. The molecule has 0 atom stereocenters. The van der Waals surface area contributed by atoms with Crippen molar-refractivity contribution in [1.82, 2.24) is 4.98 Å². The number of aromatic nitrogens is 1. The Kier molecular flexibility index (Phi) is 4.07. The van der Waals surface area contributed by atoms with Crippen molar-refractivity contribution in [3.8, 4) is 0 Å². The molecule has 0 saturated heterocycles. The van der Waals surface area contributed by atoms with Gasteiger partial charge in [0.2, 0.25) is 0 Å². The van der Waals surface area contributed by atoms with Crippen LogP contribution in [0.15, 0.2) is 54.7 Å². The van der Waals surface area contributed by atoms with Crippen molar-refractivity contribution in [3.63, 3.8) is 0 Å². The van der Waals surface area contributed by atoms with Crippen molar-refractivity contribution in [1.29, 1.82) is 0 Å². The smallest absolute Gasteiger partial charge is 0.123 e. The second-order valence-corrected chi connectivity index (χ2v) is 4.26. The highest BCUT2D eigenvalue weighted by Gasteiger charge is 1.98. The molecule has 0 aliphatic rings. The van der Waals surface area contributed by atoms with Crippen molar-refractivity contribution in [2.24, 2.45) is 0 Å². The minimum atomic E-state index is -0.214. The summed E-state index contributed by atoms with van der Waals surface area (Å²) in [6.45, 7) is 0.729. The van der Waals surface area contributed by atoms with Gasteiger partial charge in [-0.2, -0.15) is 0 Å². The van der Waals surface area contributed by atoms with Crippen LogP contribution in [0.3, 0.4) is 0 Å². The van der Waals surface area contributed by atoms with Crippen molar-refractivity contribution in [2.45, 2.75) is 6.54 Å². The highest BCUT2D eigenvalue weighted by atomic mass is 35.5. The molecule has 0 amide bonds. The molecule has 2 nitrogen and oxygen atoms in total. The predicted molar refractivity (Wildman–Crippen MR) is 79.3 cm³/mol. The zero-order valence-corrected chi connectivity index (χ0v) is 11.0. The molecule has 1 aromatic heterocycles. The van der Waals surface area contributed by atoms with Gasteiger partial charge in [0.1, 0.15) is 5.82 Å². The van der Waals surface area contributed by atoms with E-state index in [0.717, 1.165) is 17.7 Å². The van der Waals surface area contributed by atoms with Crippen LogP contribution in [0, 0.1) is 5.82 Å². The normalized spacial score (nSPS) is 10.2. The molecule has 1 heterocycles. The molecule has 0 spiro atoms. The van der Waals surface area contributed by atoms with Crippen LogP contribution in [-0.2, 0) is 6.54 Å². The summed E-state index contributed by atoms with van der Waals surface area (Å²) < 4.78 is 12.8. The first kappa shape index (κ1) is 13.4. The molecule has 0 aliphatic heterocycles. The van der Waals surface area contributed by atoms with Gasteiger partial charge in [0.15, 0.2) is 0 Å². The van der Waals surface area contributed by atoms with Crippen LogP contribution in [-0.4, -0.2) is 4.98 Å². The van der Waals surface area contributed by atoms with Gasteiger partial charge in [-0.15, -0.1) is 12.4 Å². The fourth-order valence-corrected chi connectivity index (χ4v) is 1.98. The van der Waals surface area contributed by atoms with Crippen LogP contribution in [0.1, 0.15) is 5.56 Å². The average molecular weight is 277 g/mol. The Morgan fingerprint density at radius 3 is 2.58 bits per heavy atom. The van der Waals surface area contributed by atoms with Crippen molar-refractivity contribution in [2.75, 3.05) is 5.32 Å². The summed E-state index contributed by atoms with van der Waals surface area (Å²) >= 11 is 0. The van der Waals surface area contributed by atoms with E-state index in [-0.39, 0.29) is 18.2 Å². The zero-order valence-electron chi connectivity index (χ0n) is 10.2. The van der Waals surface area contributed by atoms with Crippen molar-refractivity contribution in [3.05, 3.63) is 66.1 Å². The molecule has 4 heteroatoms. The van der Waals surface area contributed by atoms with Crippen LogP contribution in [0.4, 0.5) is 10.1 Å². The zero-order chi connectivity index (χ0) is 12.4. The predicted octanol–water partition coefficient (Wildman–Crippen LogP) is 4.34. The van der Waals surface area contributed by atoms with Gasteiger partial charge in [-0.3, -0.25) is 0 Å². The maximum atomic E-state index is 12.8. The second kappa shape index (κ2) is 5.76. The molecule has 3 aromatic rings. The Morgan fingerprint density at radius 1 is 1.00 bits per heavy atom. The molecule has 3 rings (SSSR count). The Morgan fingerprint density at radius 2 is 1.79 bits per heavy atom. The summed E-state index contributed by atoms with van der Waals surface area (Å²) in [7, 11) is 0. The van der Waals surface area contributed by atoms with E-state index in [1.54, 1.807) is 12.1 Å². The Labute approximate surface area is 117 Å². The van der Waals surface area contributed by atoms with Gasteiger partial charge in [-0.25, -0.2) is 4.39 Å². The number of nitrogens with one attached hydrogen (secondary N) is 2. The molecule has 0 radical (unpaired) electrons. The fraction of sp³-hybridized carbons (Fsp3) is 0.0667. The SMILES string of the molecule is Cl.Fc1ccc(NCc2ccc3[nH]ccc3c2)cc1. The standard InChI is InChI=1S/C15H13FN2.ClH/c16-13-2-4-14(5-3-13)18-10-11-1-6-15-12(9-11)7-8-17-15;/h1-9,17-18H,10H2;1H. The number of H-pyrrole nitrogens is 1. The lowest BCUT2D eigenvalue weighted by molar-refractivity contribution is 0.628. The summed E-state index contributed by atoms with van der Waals surface area (Å²) in [5.74, 6) is -0.214. The maximum absolute atomic E-state index is 12.8. The minimum absolute atomic E-state index is 0. The lowest BCUT2D eigenvalue weighted by Gasteiger charge is -2.06. The van der Waals surface area contributed by atoms with E-state index in [4.69, 9.17) is 0 Å². The van der Waals surface area contributed by atoms with Crippen LogP contribution < -0.4 is 5.32 Å². The number of hydrogen-bond acceptors (Lipinski definition) is 1. The lowest BCUT2D eigenvalue weighted by atomic mass is 10.1. The van der Waals surface area contributed by atoms with Crippen LogP contribution >= 0.6 is 12.4 Å². The van der Waals surface area contributed by atoms with Gasteiger partial charge in [0.25, 0.3) is 0 Å². The molecule has 0 aliphatic carbocycles. The van der Waals surface area contributed by atoms with Crippen LogP contribution in [0.25, 0.3) is 10.9 Å². The van der Waals surface area contributed by atoms with Gasteiger partial charge in [0.05, 0.1) is 0 Å². The fourth-order valence-electron chi connectivity index (χ4n) is 1.98. The first-order chi connectivity index (χ1) is 8.81. The second-order valence-electron chi connectivity index (χ2n) is 4.26. The van der Waals surface area contributed by atoms with Gasteiger partial charge in [0, 0.05) is 23.9 Å². The van der Waals surface area contributed by atoms with Gasteiger partial charge >= 0.3 is 0 Å². The third kappa shape index (κ3) is 3.06. The molecule has 0 bridgehead atoms. The lowest BCUT2D eigenvalue weighted by Crippen LogP contribution is -1.98. The third-order valence-corrected chi connectivity index (χ3v) is 2.96. The van der Waals surface area contributed by atoms with Gasteiger partial charge in [-0.1, -0.05) is 6.07 Å². The Hall–Kier alpha value is -2.00. The number of rotatable bonds is 3. The number of aromatic amines is 1. The van der Waals surface area contributed by atoms with E-state index >= 15 is 0 Å². The quantitative estimate of drug-likeness (QED) is 0.732. The number of hydrogen-bond donors (Lipinski definition) is 2. The number of fused-ring (bicyclic) bond motifs is 1.